The molecule has 2 atom stereocenters. The molecule has 2 aliphatic heterocycles. The summed E-state index contributed by atoms with van der Waals surface area (Å²) in [5.74, 6) is 1.66. The first-order chi connectivity index (χ1) is 15.1. The molecule has 160 valence electrons. The summed E-state index contributed by atoms with van der Waals surface area (Å²) >= 11 is 6.07. The van der Waals surface area contributed by atoms with Crippen molar-refractivity contribution in [3.8, 4) is 17.5 Å². The number of pyridine rings is 1. The number of aryl methyl sites for hydroxylation is 1. The maximum Gasteiger partial charge on any atom is 0.272 e. The van der Waals surface area contributed by atoms with Crippen LogP contribution in [0, 0.1) is 0 Å². The molecule has 2 aromatic heterocycles. The lowest BCUT2D eigenvalue weighted by Crippen LogP contribution is -2.42. The number of aromatic nitrogens is 3. The Kier molecular flexibility index (Phi) is 5.38. The molecule has 4 heterocycles. The Balaban J connectivity index is 1.19. The van der Waals surface area contributed by atoms with Crippen LogP contribution in [0.25, 0.3) is 0 Å². The molecule has 0 saturated heterocycles. The zero-order valence-corrected chi connectivity index (χ0v) is 17.4. The van der Waals surface area contributed by atoms with E-state index in [2.05, 4.69) is 15.4 Å². The lowest BCUT2D eigenvalue weighted by molar-refractivity contribution is 0.0811. The van der Waals surface area contributed by atoms with E-state index in [9.17, 15) is 4.79 Å². The Hall–Kier alpha value is -3.26. The van der Waals surface area contributed by atoms with E-state index in [4.69, 9.17) is 25.8 Å². The van der Waals surface area contributed by atoms with Crippen LogP contribution < -0.4 is 19.5 Å². The number of ether oxygens (including phenoxy) is 3. The highest BCUT2D eigenvalue weighted by Crippen LogP contribution is 2.28. The quantitative estimate of drug-likeness (QED) is 0.656. The second kappa shape index (κ2) is 8.47. The maximum atomic E-state index is 12.7. The molecule has 31 heavy (non-hydrogen) atoms. The highest BCUT2D eigenvalue weighted by Gasteiger charge is 2.27. The summed E-state index contributed by atoms with van der Waals surface area (Å²) in [5.41, 5.74) is 1.30. The predicted molar refractivity (Wildman–Crippen MR) is 113 cm³/mol. The van der Waals surface area contributed by atoms with Crippen LogP contribution in [0.1, 0.15) is 22.5 Å². The number of carbonyl (C=O) groups is 1. The SMILES string of the molecule is O=C(N[C@H]1COc2ccc(Cl)cc2C1)c1cc2n(n1)CCC(COc1ccccn1)O2. The molecule has 8 nitrogen and oxygen atoms in total. The van der Waals surface area contributed by atoms with Crippen LogP contribution in [0.3, 0.4) is 0 Å². The summed E-state index contributed by atoms with van der Waals surface area (Å²) in [6, 6.07) is 12.5. The van der Waals surface area contributed by atoms with Crippen molar-refractivity contribution in [1.82, 2.24) is 20.1 Å². The molecule has 0 aliphatic carbocycles. The van der Waals surface area contributed by atoms with Crippen molar-refractivity contribution in [2.75, 3.05) is 13.2 Å². The summed E-state index contributed by atoms with van der Waals surface area (Å²) in [6.07, 6.45) is 2.94. The van der Waals surface area contributed by atoms with Gasteiger partial charge in [-0.15, -0.1) is 0 Å². The van der Waals surface area contributed by atoms with Crippen LogP contribution in [0.4, 0.5) is 0 Å². The first-order valence-corrected chi connectivity index (χ1v) is 10.5. The molecule has 1 N–H and O–H groups in total. The molecule has 3 aromatic rings. The predicted octanol–water partition coefficient (Wildman–Crippen LogP) is 2.90. The lowest BCUT2D eigenvalue weighted by atomic mass is 10.0. The topological polar surface area (TPSA) is 87.5 Å². The Morgan fingerprint density at radius 2 is 2.23 bits per heavy atom. The highest BCUT2D eigenvalue weighted by atomic mass is 35.5. The molecule has 0 saturated carbocycles. The van der Waals surface area contributed by atoms with E-state index in [1.807, 2.05) is 24.3 Å². The smallest absolute Gasteiger partial charge is 0.272 e. The molecule has 9 heteroatoms. The molecular weight excluding hydrogens is 420 g/mol. The van der Waals surface area contributed by atoms with Gasteiger partial charge in [0.25, 0.3) is 5.91 Å². The van der Waals surface area contributed by atoms with Crippen LogP contribution in [-0.2, 0) is 13.0 Å². The Labute approximate surface area is 184 Å². The molecule has 0 spiro atoms. The van der Waals surface area contributed by atoms with Gasteiger partial charge in [0, 0.05) is 36.3 Å². The first-order valence-electron chi connectivity index (χ1n) is 10.1. The number of rotatable bonds is 5. The van der Waals surface area contributed by atoms with Gasteiger partial charge in [-0.1, -0.05) is 17.7 Å². The van der Waals surface area contributed by atoms with Gasteiger partial charge in [0.1, 0.15) is 25.1 Å². The summed E-state index contributed by atoms with van der Waals surface area (Å²) in [5, 5.41) is 8.03. The number of carbonyl (C=O) groups excluding carboxylic acids is 1. The van der Waals surface area contributed by atoms with Gasteiger partial charge in [0.15, 0.2) is 5.69 Å². The largest absolute Gasteiger partial charge is 0.491 e. The van der Waals surface area contributed by atoms with Gasteiger partial charge in [-0.2, -0.15) is 5.10 Å². The van der Waals surface area contributed by atoms with Gasteiger partial charge < -0.3 is 19.5 Å². The average Bonchev–Trinajstić information content (AvgIpc) is 3.22. The fraction of sp³-hybridized carbons (Fsp3) is 0.318. The molecule has 1 amide bonds. The van der Waals surface area contributed by atoms with E-state index < -0.39 is 0 Å². The van der Waals surface area contributed by atoms with E-state index in [0.717, 1.165) is 17.7 Å². The molecule has 0 bridgehead atoms. The van der Waals surface area contributed by atoms with E-state index >= 15 is 0 Å². The van der Waals surface area contributed by atoms with Gasteiger partial charge in [-0.25, -0.2) is 9.67 Å². The number of nitrogens with one attached hydrogen (secondary N) is 1. The summed E-state index contributed by atoms with van der Waals surface area (Å²) in [7, 11) is 0. The van der Waals surface area contributed by atoms with Gasteiger partial charge in [-0.3, -0.25) is 4.79 Å². The molecular formula is C22H21ClN4O4. The zero-order chi connectivity index (χ0) is 21.2. The zero-order valence-electron chi connectivity index (χ0n) is 16.7. The number of hydrogen-bond acceptors (Lipinski definition) is 6. The van der Waals surface area contributed by atoms with Crippen molar-refractivity contribution in [3.63, 3.8) is 0 Å². The standard InChI is InChI=1S/C22H21ClN4O4/c23-15-4-5-19-14(9-15)10-16(12-29-19)25-22(28)18-11-21-27(26-18)8-6-17(31-21)13-30-20-3-1-2-7-24-20/h1-5,7,9,11,16-17H,6,8,10,12-13H2,(H,25,28)/t16-,17?/m1/s1. The number of halogens is 1. The monoisotopic (exact) mass is 440 g/mol. The van der Waals surface area contributed by atoms with Crippen molar-refractivity contribution < 1.29 is 19.0 Å². The second-order valence-electron chi connectivity index (χ2n) is 7.54. The number of benzene rings is 1. The minimum Gasteiger partial charge on any atom is -0.491 e. The van der Waals surface area contributed by atoms with Crippen molar-refractivity contribution in [1.29, 1.82) is 0 Å². The summed E-state index contributed by atoms with van der Waals surface area (Å²) < 4.78 is 19.1. The number of fused-ring (bicyclic) bond motifs is 2. The van der Waals surface area contributed by atoms with E-state index in [1.165, 1.54) is 0 Å². The summed E-state index contributed by atoms with van der Waals surface area (Å²) in [6.45, 7) is 1.43. The normalized spacial score (nSPS) is 19.4. The van der Waals surface area contributed by atoms with Crippen molar-refractivity contribution >= 4 is 17.5 Å². The number of nitrogens with zero attached hydrogens (tertiary/aromatic N) is 3. The van der Waals surface area contributed by atoms with Crippen LogP contribution in [0.5, 0.6) is 17.5 Å². The second-order valence-corrected chi connectivity index (χ2v) is 7.97. The van der Waals surface area contributed by atoms with Crippen molar-refractivity contribution in [3.05, 3.63) is 64.9 Å². The minimum atomic E-state index is -0.258. The molecule has 1 unspecified atom stereocenters. The Morgan fingerprint density at radius 3 is 3.10 bits per heavy atom. The lowest BCUT2D eigenvalue weighted by Gasteiger charge is -2.26. The fourth-order valence-electron chi connectivity index (χ4n) is 3.70. The van der Waals surface area contributed by atoms with Crippen LogP contribution >= 0.6 is 11.6 Å². The van der Waals surface area contributed by atoms with E-state index in [-0.39, 0.29) is 18.1 Å². The van der Waals surface area contributed by atoms with Crippen molar-refractivity contribution in [2.24, 2.45) is 0 Å². The molecule has 5 rings (SSSR count). The minimum absolute atomic E-state index is 0.130. The molecule has 0 fully saturated rings. The number of hydrogen-bond donors (Lipinski definition) is 1. The van der Waals surface area contributed by atoms with Crippen LogP contribution in [-0.4, -0.2) is 46.0 Å². The third-order valence-corrected chi connectivity index (χ3v) is 5.48. The third kappa shape index (κ3) is 4.44. The molecule has 1 aromatic carbocycles. The van der Waals surface area contributed by atoms with Crippen LogP contribution in [0.15, 0.2) is 48.7 Å². The van der Waals surface area contributed by atoms with Crippen LogP contribution in [0.2, 0.25) is 5.02 Å². The Bertz CT molecular complexity index is 1090. The van der Waals surface area contributed by atoms with E-state index in [0.29, 0.717) is 48.7 Å². The Morgan fingerprint density at radius 1 is 1.29 bits per heavy atom. The van der Waals surface area contributed by atoms with Gasteiger partial charge in [0.05, 0.1) is 6.04 Å². The highest BCUT2D eigenvalue weighted by molar-refractivity contribution is 6.30. The molecule has 0 radical (unpaired) electrons. The third-order valence-electron chi connectivity index (χ3n) is 5.24. The number of amides is 1. The van der Waals surface area contributed by atoms with Crippen molar-refractivity contribution in [2.45, 2.75) is 31.5 Å². The first kappa shape index (κ1) is 19.7. The maximum absolute atomic E-state index is 12.7. The van der Waals surface area contributed by atoms with Gasteiger partial charge >= 0.3 is 0 Å². The fourth-order valence-corrected chi connectivity index (χ4v) is 3.90. The van der Waals surface area contributed by atoms with E-state index in [1.54, 1.807) is 29.1 Å². The average molecular weight is 441 g/mol. The van der Waals surface area contributed by atoms with Gasteiger partial charge in [0.2, 0.25) is 11.8 Å². The molecule has 2 aliphatic rings. The van der Waals surface area contributed by atoms with Gasteiger partial charge in [-0.05, 0) is 36.2 Å². The summed E-state index contributed by atoms with van der Waals surface area (Å²) in [4.78, 5) is 16.9.